The summed E-state index contributed by atoms with van der Waals surface area (Å²) < 4.78 is 0. The van der Waals surface area contributed by atoms with Gasteiger partial charge in [-0.05, 0) is 44.5 Å². The Morgan fingerprint density at radius 3 is 2.70 bits per heavy atom. The molecule has 3 rings (SSSR count). The molecule has 108 valence electrons. The molecule has 0 spiro atoms. The molecule has 0 radical (unpaired) electrons. The van der Waals surface area contributed by atoms with Gasteiger partial charge in [-0.15, -0.1) is 0 Å². The molecule has 1 atom stereocenters. The van der Waals surface area contributed by atoms with Crippen LogP contribution < -0.4 is 4.90 Å². The number of carbonyl (C=O) groups excluding carboxylic acids is 1. The van der Waals surface area contributed by atoms with Gasteiger partial charge >= 0.3 is 0 Å². The van der Waals surface area contributed by atoms with Crippen LogP contribution in [0.2, 0.25) is 0 Å². The van der Waals surface area contributed by atoms with Crippen LogP contribution in [0.5, 0.6) is 0 Å². The predicted molar refractivity (Wildman–Crippen MR) is 82.5 cm³/mol. The minimum absolute atomic E-state index is 0.255. The molecule has 0 aromatic heterocycles. The molecule has 3 nitrogen and oxygen atoms in total. The molecular weight excluding hydrogens is 248 g/mol. The van der Waals surface area contributed by atoms with Crippen molar-refractivity contribution in [3.63, 3.8) is 0 Å². The summed E-state index contributed by atoms with van der Waals surface area (Å²) in [5.74, 6) is 0.255. The molecule has 2 fully saturated rings. The molecule has 0 N–H and O–H groups in total. The molecule has 3 heteroatoms. The van der Waals surface area contributed by atoms with E-state index in [0.29, 0.717) is 12.5 Å². The molecule has 1 unspecified atom stereocenters. The first-order chi connectivity index (χ1) is 9.79. The van der Waals surface area contributed by atoms with Crippen LogP contribution in [0.15, 0.2) is 24.3 Å². The topological polar surface area (TPSA) is 23.6 Å². The van der Waals surface area contributed by atoms with Crippen LogP contribution in [-0.4, -0.2) is 42.9 Å². The third-order valence-corrected chi connectivity index (χ3v) is 4.69. The second-order valence-corrected chi connectivity index (χ2v) is 5.93. The van der Waals surface area contributed by atoms with E-state index in [1.165, 1.54) is 32.4 Å². The van der Waals surface area contributed by atoms with Crippen LogP contribution in [0.25, 0.3) is 0 Å². The van der Waals surface area contributed by atoms with Gasteiger partial charge in [0, 0.05) is 36.8 Å². The number of ketones is 1. The average molecular weight is 272 g/mol. The van der Waals surface area contributed by atoms with Crippen molar-refractivity contribution in [1.82, 2.24) is 4.90 Å². The van der Waals surface area contributed by atoms with Gasteiger partial charge in [0.15, 0.2) is 5.78 Å². The number of benzene rings is 1. The summed E-state index contributed by atoms with van der Waals surface area (Å²) in [6, 6.07) is 8.78. The number of likely N-dealkylation sites (tertiary alicyclic amines) is 1. The van der Waals surface area contributed by atoms with Gasteiger partial charge in [-0.3, -0.25) is 9.69 Å². The number of carbonyl (C=O) groups is 1. The summed E-state index contributed by atoms with van der Waals surface area (Å²) in [6.07, 6.45) is 4.51. The van der Waals surface area contributed by atoms with Gasteiger partial charge in [-0.25, -0.2) is 0 Å². The van der Waals surface area contributed by atoms with E-state index in [1.54, 1.807) is 0 Å². The zero-order valence-corrected chi connectivity index (χ0v) is 12.3. The second kappa shape index (κ2) is 5.96. The van der Waals surface area contributed by atoms with Crippen LogP contribution >= 0.6 is 0 Å². The Morgan fingerprint density at radius 2 is 1.95 bits per heavy atom. The molecular formula is C17H24N2O. The lowest BCUT2D eigenvalue weighted by Crippen LogP contribution is -2.35. The molecule has 0 bridgehead atoms. The number of nitrogens with zero attached hydrogens (tertiary/aromatic N) is 2. The van der Waals surface area contributed by atoms with Gasteiger partial charge in [-0.1, -0.05) is 19.1 Å². The van der Waals surface area contributed by atoms with Gasteiger partial charge < -0.3 is 4.90 Å². The van der Waals surface area contributed by atoms with Crippen molar-refractivity contribution < 1.29 is 4.79 Å². The van der Waals surface area contributed by atoms with E-state index >= 15 is 0 Å². The largest absolute Gasteiger partial charge is 0.369 e. The molecule has 2 heterocycles. The molecule has 0 aliphatic carbocycles. The Kier molecular flexibility index (Phi) is 4.06. The third kappa shape index (κ3) is 2.59. The van der Waals surface area contributed by atoms with Crippen molar-refractivity contribution in [2.24, 2.45) is 0 Å². The molecule has 20 heavy (non-hydrogen) atoms. The Bertz CT molecular complexity index is 480. The van der Waals surface area contributed by atoms with Crippen LogP contribution in [0.4, 0.5) is 5.69 Å². The summed E-state index contributed by atoms with van der Waals surface area (Å²) in [6.45, 7) is 6.61. The molecule has 2 saturated heterocycles. The van der Waals surface area contributed by atoms with Crippen molar-refractivity contribution in [2.75, 3.05) is 31.1 Å². The summed E-state index contributed by atoms with van der Waals surface area (Å²) in [5, 5.41) is 0. The highest BCUT2D eigenvalue weighted by atomic mass is 16.1. The Hall–Kier alpha value is -1.35. The normalized spacial score (nSPS) is 23.4. The van der Waals surface area contributed by atoms with E-state index in [9.17, 15) is 4.79 Å². The maximum atomic E-state index is 12.1. The fourth-order valence-corrected chi connectivity index (χ4v) is 3.54. The number of hydrogen-bond acceptors (Lipinski definition) is 3. The second-order valence-electron chi connectivity index (χ2n) is 5.93. The fraction of sp³-hybridized carbons (Fsp3) is 0.588. The summed E-state index contributed by atoms with van der Waals surface area (Å²) >= 11 is 0. The summed E-state index contributed by atoms with van der Waals surface area (Å²) in [5.41, 5.74) is 2.04. The Balaban J connectivity index is 1.75. The third-order valence-electron chi connectivity index (χ3n) is 4.69. The molecule has 1 aromatic carbocycles. The van der Waals surface area contributed by atoms with Crippen LogP contribution in [0.1, 0.15) is 43.0 Å². The number of para-hydroxylation sites is 1. The first kappa shape index (κ1) is 13.6. The van der Waals surface area contributed by atoms with E-state index in [1.807, 2.05) is 25.1 Å². The van der Waals surface area contributed by atoms with Crippen LogP contribution in [-0.2, 0) is 0 Å². The van der Waals surface area contributed by atoms with Gasteiger partial charge in [0.2, 0.25) is 0 Å². The monoisotopic (exact) mass is 272 g/mol. The smallest absolute Gasteiger partial charge is 0.164 e. The first-order valence-electron chi connectivity index (χ1n) is 7.91. The molecule has 0 amide bonds. The zero-order chi connectivity index (χ0) is 13.9. The quantitative estimate of drug-likeness (QED) is 0.787. The van der Waals surface area contributed by atoms with Crippen molar-refractivity contribution in [3.8, 4) is 0 Å². The van der Waals surface area contributed by atoms with E-state index in [0.717, 1.165) is 24.3 Å². The van der Waals surface area contributed by atoms with E-state index in [-0.39, 0.29) is 5.78 Å². The number of rotatable bonds is 4. The molecule has 1 aromatic rings. The first-order valence-corrected chi connectivity index (χ1v) is 7.91. The van der Waals surface area contributed by atoms with Crippen LogP contribution in [0.3, 0.4) is 0 Å². The van der Waals surface area contributed by atoms with Crippen molar-refractivity contribution >= 4 is 11.5 Å². The van der Waals surface area contributed by atoms with Gasteiger partial charge in [-0.2, -0.15) is 0 Å². The number of Topliss-reactive ketones (excluding diaryl/α,β-unsaturated/α-hetero) is 1. The standard InChI is InChI=1S/C17H24N2O/c1-2-17(20)15-7-3-4-8-16(15)19-12-9-14(13-19)18-10-5-6-11-18/h3-4,7-8,14H,2,5-6,9-13H2,1H3. The lowest BCUT2D eigenvalue weighted by molar-refractivity contribution is 0.0988. The van der Waals surface area contributed by atoms with Gasteiger partial charge in [0.1, 0.15) is 0 Å². The van der Waals surface area contributed by atoms with Crippen LogP contribution in [0, 0.1) is 0 Å². The van der Waals surface area contributed by atoms with Crippen molar-refractivity contribution in [1.29, 1.82) is 0 Å². The van der Waals surface area contributed by atoms with E-state index in [2.05, 4.69) is 15.9 Å². The molecule has 0 saturated carbocycles. The molecule has 2 aliphatic heterocycles. The fourth-order valence-electron chi connectivity index (χ4n) is 3.54. The van der Waals surface area contributed by atoms with E-state index in [4.69, 9.17) is 0 Å². The van der Waals surface area contributed by atoms with Crippen molar-refractivity contribution in [3.05, 3.63) is 29.8 Å². The van der Waals surface area contributed by atoms with E-state index < -0.39 is 0 Å². The summed E-state index contributed by atoms with van der Waals surface area (Å²) in [7, 11) is 0. The maximum absolute atomic E-state index is 12.1. The Morgan fingerprint density at radius 1 is 1.20 bits per heavy atom. The molecule has 2 aliphatic rings. The minimum atomic E-state index is 0.255. The summed E-state index contributed by atoms with van der Waals surface area (Å²) in [4.78, 5) is 17.1. The van der Waals surface area contributed by atoms with Gasteiger partial charge in [0.05, 0.1) is 0 Å². The highest BCUT2D eigenvalue weighted by Gasteiger charge is 2.30. The van der Waals surface area contributed by atoms with Crippen molar-refractivity contribution in [2.45, 2.75) is 38.6 Å². The maximum Gasteiger partial charge on any atom is 0.164 e. The number of anilines is 1. The minimum Gasteiger partial charge on any atom is -0.369 e. The average Bonchev–Trinajstić information content (AvgIpc) is 3.17. The highest BCUT2D eigenvalue weighted by Crippen LogP contribution is 2.28. The Labute approximate surface area is 121 Å². The zero-order valence-electron chi connectivity index (χ0n) is 12.3. The lowest BCUT2D eigenvalue weighted by Gasteiger charge is -2.25. The number of hydrogen-bond donors (Lipinski definition) is 0. The SMILES string of the molecule is CCC(=O)c1ccccc1N1CCC(N2CCCC2)C1. The van der Waals surface area contributed by atoms with Gasteiger partial charge in [0.25, 0.3) is 0 Å². The predicted octanol–water partition coefficient (Wildman–Crippen LogP) is 2.95. The highest BCUT2D eigenvalue weighted by molar-refractivity contribution is 6.01. The lowest BCUT2D eigenvalue weighted by atomic mass is 10.1.